The van der Waals surface area contributed by atoms with Crippen LogP contribution in [-0.4, -0.2) is 0 Å². The first-order valence-corrected chi connectivity index (χ1v) is 16.1. The lowest BCUT2D eigenvalue weighted by Crippen LogP contribution is -2.32. The van der Waals surface area contributed by atoms with Gasteiger partial charge in [-0.3, -0.25) is 0 Å². The van der Waals surface area contributed by atoms with Crippen molar-refractivity contribution in [3.63, 3.8) is 0 Å². The van der Waals surface area contributed by atoms with E-state index in [0.29, 0.717) is 11.3 Å². The van der Waals surface area contributed by atoms with Gasteiger partial charge in [0.05, 0.1) is 28.0 Å². The second kappa shape index (κ2) is 9.46. The molecule has 0 atom stereocenters. The molecule has 0 radical (unpaired) electrons. The van der Waals surface area contributed by atoms with Gasteiger partial charge in [0.1, 0.15) is 6.07 Å². The molecule has 1 heterocycles. The first kappa shape index (κ1) is 26.8. The van der Waals surface area contributed by atoms with Crippen molar-refractivity contribution in [2.45, 2.75) is 37.5 Å². The van der Waals surface area contributed by atoms with Gasteiger partial charge < -0.3 is 10.6 Å². The van der Waals surface area contributed by atoms with Crippen LogP contribution in [0.1, 0.15) is 63.9 Å². The van der Waals surface area contributed by atoms with Gasteiger partial charge in [0.2, 0.25) is 0 Å². The molecule has 0 bridgehead atoms. The molecule has 2 N–H and O–H groups in total. The third kappa shape index (κ3) is 3.31. The summed E-state index contributed by atoms with van der Waals surface area (Å²) in [4.78, 5) is 2.44. The van der Waals surface area contributed by atoms with Crippen LogP contribution in [0.4, 0.5) is 22.7 Å². The lowest BCUT2D eigenvalue weighted by Gasteiger charge is -2.42. The lowest BCUT2D eigenvalue weighted by molar-refractivity contribution is 0.632. The average molecular weight is 592 g/mol. The molecular weight excluding hydrogens is 558 g/mol. The van der Waals surface area contributed by atoms with Crippen molar-refractivity contribution in [1.82, 2.24) is 0 Å². The van der Waals surface area contributed by atoms with Gasteiger partial charge in [0, 0.05) is 11.1 Å². The van der Waals surface area contributed by atoms with Crippen molar-refractivity contribution in [2.24, 2.45) is 0 Å². The van der Waals surface area contributed by atoms with E-state index >= 15 is 0 Å². The number of nitrogens with two attached hydrogens (primary N) is 1. The van der Waals surface area contributed by atoms with E-state index in [1.165, 1.54) is 61.4 Å². The molecule has 220 valence electrons. The number of aryl methyl sites for hydroxylation is 2. The van der Waals surface area contributed by atoms with Gasteiger partial charge >= 0.3 is 0 Å². The van der Waals surface area contributed by atoms with Crippen molar-refractivity contribution < 1.29 is 0 Å². The minimum absolute atomic E-state index is 0.117. The van der Waals surface area contributed by atoms with Crippen LogP contribution in [0.5, 0.6) is 0 Å². The van der Waals surface area contributed by atoms with E-state index in [2.05, 4.69) is 146 Å². The van der Waals surface area contributed by atoms with E-state index in [-0.39, 0.29) is 5.41 Å². The van der Waals surface area contributed by atoms with Crippen molar-refractivity contribution >= 4 is 22.7 Å². The third-order valence-electron chi connectivity index (χ3n) is 10.8. The predicted molar refractivity (Wildman–Crippen MR) is 187 cm³/mol. The highest BCUT2D eigenvalue weighted by Gasteiger charge is 2.50. The minimum Gasteiger partial charge on any atom is -0.397 e. The SMILES string of the molecule is CC1(C)c2ccccc2N(c2ccc3c(c2)CCc2ccc(C#N)c(N)c2C32c3ccccc3-c3ccccc32)c2ccccc21. The van der Waals surface area contributed by atoms with E-state index in [4.69, 9.17) is 5.73 Å². The smallest absolute Gasteiger partial charge is 0.101 e. The Kier molecular flexibility index (Phi) is 5.51. The highest BCUT2D eigenvalue weighted by Crippen LogP contribution is 2.60. The second-order valence-electron chi connectivity index (χ2n) is 13.4. The van der Waals surface area contributed by atoms with Crippen LogP contribution in [0, 0.1) is 11.3 Å². The number of nitrogen functional groups attached to an aromatic ring is 1. The van der Waals surface area contributed by atoms with Crippen LogP contribution < -0.4 is 10.6 Å². The highest BCUT2D eigenvalue weighted by molar-refractivity contribution is 5.91. The molecule has 0 aromatic heterocycles. The summed E-state index contributed by atoms with van der Waals surface area (Å²) in [6.45, 7) is 4.66. The van der Waals surface area contributed by atoms with E-state index in [1.54, 1.807) is 0 Å². The monoisotopic (exact) mass is 591 g/mol. The number of nitrogens with zero attached hydrogens (tertiary/aromatic N) is 2. The number of fused-ring (bicyclic) bond motifs is 11. The maximum Gasteiger partial charge on any atom is 0.101 e. The number of para-hydroxylation sites is 2. The number of rotatable bonds is 1. The van der Waals surface area contributed by atoms with Gasteiger partial charge in [-0.05, 0) is 98.8 Å². The third-order valence-corrected chi connectivity index (χ3v) is 10.8. The van der Waals surface area contributed by atoms with Crippen molar-refractivity contribution in [3.8, 4) is 17.2 Å². The van der Waals surface area contributed by atoms with Crippen LogP contribution in [-0.2, 0) is 23.7 Å². The Morgan fingerprint density at radius 3 is 1.76 bits per heavy atom. The van der Waals surface area contributed by atoms with E-state index < -0.39 is 5.41 Å². The molecular formula is C43H33N3. The van der Waals surface area contributed by atoms with Crippen LogP contribution in [0.3, 0.4) is 0 Å². The molecule has 9 rings (SSSR count). The molecule has 3 nitrogen and oxygen atoms in total. The van der Waals surface area contributed by atoms with Gasteiger partial charge in [-0.25, -0.2) is 0 Å². The van der Waals surface area contributed by atoms with Crippen molar-refractivity contribution in [3.05, 3.63) is 177 Å². The zero-order valence-corrected chi connectivity index (χ0v) is 26.0. The summed E-state index contributed by atoms with van der Waals surface area (Å²) in [5.41, 5.74) is 23.4. The van der Waals surface area contributed by atoms with Crippen molar-refractivity contribution in [1.29, 1.82) is 5.26 Å². The molecule has 1 spiro atoms. The number of nitriles is 1. The maximum atomic E-state index is 10.1. The number of hydrogen-bond acceptors (Lipinski definition) is 3. The zero-order valence-electron chi connectivity index (χ0n) is 26.0. The summed E-state index contributed by atoms with van der Waals surface area (Å²) in [6.07, 6.45) is 1.71. The normalized spacial score (nSPS) is 15.8. The number of hydrogen-bond donors (Lipinski definition) is 1. The van der Waals surface area contributed by atoms with Crippen LogP contribution in [0.15, 0.2) is 127 Å². The topological polar surface area (TPSA) is 53.0 Å². The lowest BCUT2D eigenvalue weighted by atomic mass is 9.65. The van der Waals surface area contributed by atoms with Crippen LogP contribution in [0.2, 0.25) is 0 Å². The molecule has 1 aliphatic heterocycles. The zero-order chi connectivity index (χ0) is 31.2. The Labute approximate surface area is 270 Å². The fourth-order valence-electron chi connectivity index (χ4n) is 8.85. The van der Waals surface area contributed by atoms with Gasteiger partial charge in [0.25, 0.3) is 0 Å². The Bertz CT molecular complexity index is 2190. The van der Waals surface area contributed by atoms with Crippen molar-refractivity contribution in [2.75, 3.05) is 10.6 Å². The molecule has 0 fully saturated rings. The molecule has 0 saturated carbocycles. The van der Waals surface area contributed by atoms with Crippen LogP contribution in [0.25, 0.3) is 11.1 Å². The Balaban J connectivity index is 1.36. The average Bonchev–Trinajstić information content (AvgIpc) is 3.29. The van der Waals surface area contributed by atoms with E-state index in [0.717, 1.165) is 24.1 Å². The fourth-order valence-corrected chi connectivity index (χ4v) is 8.85. The van der Waals surface area contributed by atoms with Gasteiger partial charge in [0.15, 0.2) is 0 Å². The molecule has 0 unspecified atom stereocenters. The molecule has 6 aromatic rings. The summed E-state index contributed by atoms with van der Waals surface area (Å²) in [5, 5.41) is 10.1. The van der Waals surface area contributed by atoms with Gasteiger partial charge in [-0.2, -0.15) is 5.26 Å². The largest absolute Gasteiger partial charge is 0.397 e. The molecule has 3 aliphatic rings. The minimum atomic E-state index is -0.635. The number of benzene rings is 6. The number of anilines is 4. The molecule has 6 aromatic carbocycles. The Morgan fingerprint density at radius 1 is 0.609 bits per heavy atom. The summed E-state index contributed by atoms with van der Waals surface area (Å²) < 4.78 is 0. The predicted octanol–water partition coefficient (Wildman–Crippen LogP) is 9.71. The summed E-state index contributed by atoms with van der Waals surface area (Å²) in [5.74, 6) is 0. The first-order valence-electron chi connectivity index (χ1n) is 16.1. The highest BCUT2D eigenvalue weighted by atomic mass is 15.2. The Morgan fingerprint density at radius 2 is 1.15 bits per heavy atom. The standard InChI is InChI=1S/C43H33N3/c1-42(2)36-15-7-9-17-38(36)46(39-18-10-8-16-37(39)42)30-23-24-33-28(25-30)21-19-27-20-22-29(26-44)41(45)40(27)43(33)34-13-5-3-11-31(34)32-12-4-6-14-35(32)43/h3-18,20,22-25H,19,21,45H2,1-2H3. The van der Waals surface area contributed by atoms with E-state index in [9.17, 15) is 5.26 Å². The molecule has 46 heavy (non-hydrogen) atoms. The Hall–Kier alpha value is -5.59. The van der Waals surface area contributed by atoms with E-state index in [1.807, 2.05) is 6.07 Å². The molecule has 0 amide bonds. The van der Waals surface area contributed by atoms with Gasteiger partial charge in [-0.15, -0.1) is 0 Å². The van der Waals surface area contributed by atoms with Gasteiger partial charge in [-0.1, -0.05) is 111 Å². The van der Waals surface area contributed by atoms with Crippen LogP contribution >= 0.6 is 0 Å². The maximum absolute atomic E-state index is 10.1. The summed E-state index contributed by atoms with van der Waals surface area (Å²) in [7, 11) is 0. The summed E-state index contributed by atoms with van der Waals surface area (Å²) in [6, 6.07) is 48.7. The summed E-state index contributed by atoms with van der Waals surface area (Å²) >= 11 is 0. The molecule has 2 aliphatic carbocycles. The molecule has 0 saturated heterocycles. The second-order valence-corrected chi connectivity index (χ2v) is 13.4. The first-order chi connectivity index (χ1) is 22.5. The quantitative estimate of drug-likeness (QED) is 0.193. The molecule has 3 heteroatoms. The fraction of sp³-hybridized carbons (Fsp3) is 0.140.